The molecule has 26 heavy (non-hydrogen) atoms. The van der Waals surface area contributed by atoms with E-state index in [2.05, 4.69) is 41.4 Å². The van der Waals surface area contributed by atoms with Gasteiger partial charge in [0.25, 0.3) is 0 Å². The largest absolute Gasteiger partial charge is 0.352 e. The fraction of sp³-hybridized carbons (Fsp3) is 0.409. The van der Waals surface area contributed by atoms with Crippen LogP contribution in [-0.2, 0) is 24.3 Å². The maximum absolute atomic E-state index is 13.2. The average molecular weight is 354 g/mol. The molecule has 2 aromatic rings. The molecule has 1 aliphatic rings. The van der Waals surface area contributed by atoms with Crippen molar-refractivity contribution in [1.29, 1.82) is 0 Å². The minimum absolute atomic E-state index is 0.0954. The molecule has 0 aliphatic carbocycles. The first-order valence-electron chi connectivity index (χ1n) is 9.40. The number of hydrogen-bond acceptors (Lipinski definition) is 2. The van der Waals surface area contributed by atoms with Crippen molar-refractivity contribution in [2.75, 3.05) is 13.1 Å². The zero-order valence-electron chi connectivity index (χ0n) is 15.4. The molecule has 0 spiro atoms. The van der Waals surface area contributed by atoms with E-state index < -0.39 is 0 Å². The lowest BCUT2D eigenvalue weighted by molar-refractivity contribution is -0.120. The van der Waals surface area contributed by atoms with Crippen LogP contribution in [0.5, 0.6) is 0 Å². The van der Waals surface area contributed by atoms with Crippen molar-refractivity contribution >= 4 is 5.91 Å². The average Bonchev–Trinajstić information content (AvgIpc) is 2.61. The Morgan fingerprint density at radius 2 is 1.92 bits per heavy atom. The minimum atomic E-state index is -0.311. The first kappa shape index (κ1) is 18.6. The van der Waals surface area contributed by atoms with E-state index in [-0.39, 0.29) is 18.1 Å². The van der Waals surface area contributed by atoms with E-state index in [0.717, 1.165) is 18.0 Å². The van der Waals surface area contributed by atoms with Crippen LogP contribution in [0.4, 0.5) is 4.39 Å². The SMILES string of the molecule is CC1CCCN(Cc2ccc(CNC(=O)Cc3cccc(F)c3)cc2)C1. The molecule has 0 radical (unpaired) electrons. The van der Waals surface area contributed by atoms with Crippen molar-refractivity contribution in [2.24, 2.45) is 5.92 Å². The van der Waals surface area contributed by atoms with Crippen LogP contribution < -0.4 is 5.32 Å². The molecular formula is C22H27FN2O. The Morgan fingerprint density at radius 1 is 1.15 bits per heavy atom. The molecule has 1 aliphatic heterocycles. The summed E-state index contributed by atoms with van der Waals surface area (Å²) in [7, 11) is 0. The fourth-order valence-electron chi connectivity index (χ4n) is 3.55. The highest BCUT2D eigenvalue weighted by atomic mass is 19.1. The summed E-state index contributed by atoms with van der Waals surface area (Å²) in [5, 5.41) is 2.90. The van der Waals surface area contributed by atoms with Gasteiger partial charge in [-0.3, -0.25) is 9.69 Å². The molecular weight excluding hydrogens is 327 g/mol. The second-order valence-electron chi connectivity index (χ2n) is 7.38. The number of hydrogen-bond donors (Lipinski definition) is 1. The Kier molecular flexibility index (Phi) is 6.40. The topological polar surface area (TPSA) is 32.3 Å². The van der Waals surface area contributed by atoms with Crippen molar-refractivity contribution < 1.29 is 9.18 Å². The third kappa shape index (κ3) is 5.67. The summed E-state index contributed by atoms with van der Waals surface area (Å²) in [4.78, 5) is 14.5. The number of rotatable bonds is 6. The minimum Gasteiger partial charge on any atom is -0.352 e. The van der Waals surface area contributed by atoms with Gasteiger partial charge in [-0.15, -0.1) is 0 Å². The standard InChI is InChI=1S/C22H27FN2O/c1-17-4-3-11-25(15-17)16-19-9-7-18(8-10-19)14-24-22(26)13-20-5-2-6-21(23)12-20/h2,5-10,12,17H,3-4,11,13-16H2,1H3,(H,24,26). The van der Waals surface area contributed by atoms with Gasteiger partial charge in [0, 0.05) is 19.6 Å². The molecule has 0 saturated carbocycles. The molecule has 1 atom stereocenters. The van der Waals surface area contributed by atoms with Crippen LogP contribution in [0, 0.1) is 11.7 Å². The Morgan fingerprint density at radius 3 is 2.65 bits per heavy atom. The van der Waals surface area contributed by atoms with E-state index >= 15 is 0 Å². The van der Waals surface area contributed by atoms with Crippen molar-refractivity contribution in [2.45, 2.75) is 39.3 Å². The van der Waals surface area contributed by atoms with Gasteiger partial charge in [-0.25, -0.2) is 4.39 Å². The number of amides is 1. The summed E-state index contributed by atoms with van der Waals surface area (Å²) in [6.07, 6.45) is 2.82. The third-order valence-electron chi connectivity index (χ3n) is 4.91. The van der Waals surface area contributed by atoms with E-state index in [4.69, 9.17) is 0 Å². The summed E-state index contributed by atoms with van der Waals surface area (Å²) in [5.74, 6) is 0.382. The summed E-state index contributed by atoms with van der Waals surface area (Å²) < 4.78 is 13.2. The second kappa shape index (κ2) is 8.95. The Hall–Kier alpha value is -2.20. The van der Waals surface area contributed by atoms with Gasteiger partial charge in [0.15, 0.2) is 0 Å². The summed E-state index contributed by atoms with van der Waals surface area (Å²) in [6, 6.07) is 14.6. The van der Waals surface area contributed by atoms with Crippen molar-refractivity contribution in [3.8, 4) is 0 Å². The van der Waals surface area contributed by atoms with Gasteiger partial charge in [0.1, 0.15) is 5.82 Å². The normalized spacial score (nSPS) is 17.8. The van der Waals surface area contributed by atoms with Crippen LogP contribution in [0.2, 0.25) is 0 Å². The van der Waals surface area contributed by atoms with E-state index in [1.807, 2.05) is 0 Å². The summed E-state index contributed by atoms with van der Waals surface area (Å²) >= 11 is 0. The molecule has 3 rings (SSSR count). The lowest BCUT2D eigenvalue weighted by Crippen LogP contribution is -2.33. The molecule has 3 nitrogen and oxygen atoms in total. The maximum atomic E-state index is 13.2. The third-order valence-corrected chi connectivity index (χ3v) is 4.91. The van der Waals surface area contributed by atoms with Crippen molar-refractivity contribution in [3.05, 3.63) is 71.0 Å². The van der Waals surface area contributed by atoms with Crippen LogP contribution >= 0.6 is 0 Å². The summed E-state index contributed by atoms with van der Waals surface area (Å²) in [6.45, 7) is 6.17. The van der Waals surface area contributed by atoms with E-state index in [1.54, 1.807) is 12.1 Å². The van der Waals surface area contributed by atoms with Gasteiger partial charge < -0.3 is 5.32 Å². The molecule has 4 heteroatoms. The van der Waals surface area contributed by atoms with Crippen LogP contribution in [0.25, 0.3) is 0 Å². The Balaban J connectivity index is 1.46. The number of nitrogens with one attached hydrogen (secondary N) is 1. The smallest absolute Gasteiger partial charge is 0.224 e. The van der Waals surface area contributed by atoms with Crippen LogP contribution in [-0.4, -0.2) is 23.9 Å². The maximum Gasteiger partial charge on any atom is 0.224 e. The Bertz CT molecular complexity index is 729. The fourth-order valence-corrected chi connectivity index (χ4v) is 3.55. The van der Waals surface area contributed by atoms with Gasteiger partial charge in [-0.2, -0.15) is 0 Å². The molecule has 0 aromatic heterocycles. The quantitative estimate of drug-likeness (QED) is 0.853. The zero-order valence-corrected chi connectivity index (χ0v) is 15.4. The predicted molar refractivity (Wildman–Crippen MR) is 102 cm³/mol. The van der Waals surface area contributed by atoms with E-state index in [9.17, 15) is 9.18 Å². The van der Waals surface area contributed by atoms with Crippen molar-refractivity contribution in [3.63, 3.8) is 0 Å². The molecule has 1 amide bonds. The van der Waals surface area contributed by atoms with Crippen molar-refractivity contribution in [1.82, 2.24) is 10.2 Å². The predicted octanol–water partition coefficient (Wildman–Crippen LogP) is 3.92. The van der Waals surface area contributed by atoms with Gasteiger partial charge in [0.05, 0.1) is 6.42 Å². The van der Waals surface area contributed by atoms with Crippen LogP contribution in [0.15, 0.2) is 48.5 Å². The van der Waals surface area contributed by atoms with Crippen LogP contribution in [0.3, 0.4) is 0 Å². The zero-order chi connectivity index (χ0) is 18.4. The highest BCUT2D eigenvalue weighted by Crippen LogP contribution is 2.18. The molecule has 1 saturated heterocycles. The lowest BCUT2D eigenvalue weighted by atomic mass is 9.99. The summed E-state index contributed by atoms with van der Waals surface area (Å²) in [5.41, 5.74) is 3.08. The molecule has 1 N–H and O–H groups in total. The molecule has 1 heterocycles. The van der Waals surface area contributed by atoms with Gasteiger partial charge in [-0.05, 0) is 54.1 Å². The first-order valence-corrected chi connectivity index (χ1v) is 9.40. The number of piperidine rings is 1. The van der Waals surface area contributed by atoms with E-state index in [1.165, 1.54) is 43.6 Å². The second-order valence-corrected chi connectivity index (χ2v) is 7.38. The molecule has 0 bridgehead atoms. The number of benzene rings is 2. The molecule has 1 unspecified atom stereocenters. The number of carbonyl (C=O) groups is 1. The number of carbonyl (C=O) groups excluding carboxylic acids is 1. The highest BCUT2D eigenvalue weighted by molar-refractivity contribution is 5.78. The number of halogens is 1. The van der Waals surface area contributed by atoms with Gasteiger partial charge in [0.2, 0.25) is 5.91 Å². The number of nitrogens with zero attached hydrogens (tertiary/aromatic N) is 1. The monoisotopic (exact) mass is 354 g/mol. The lowest BCUT2D eigenvalue weighted by Gasteiger charge is -2.30. The highest BCUT2D eigenvalue weighted by Gasteiger charge is 2.16. The van der Waals surface area contributed by atoms with Crippen LogP contribution in [0.1, 0.15) is 36.5 Å². The van der Waals surface area contributed by atoms with Gasteiger partial charge in [-0.1, -0.05) is 43.3 Å². The van der Waals surface area contributed by atoms with Gasteiger partial charge >= 0.3 is 0 Å². The number of likely N-dealkylation sites (tertiary alicyclic amines) is 1. The first-order chi connectivity index (χ1) is 12.6. The molecule has 2 aromatic carbocycles. The molecule has 138 valence electrons. The Labute approximate surface area is 155 Å². The molecule has 1 fully saturated rings. The van der Waals surface area contributed by atoms with E-state index in [0.29, 0.717) is 12.1 Å².